The van der Waals surface area contributed by atoms with Crippen LogP contribution >= 0.6 is 27.5 Å². The number of hydrogen-bond donors (Lipinski definition) is 1. The molecule has 4 nitrogen and oxygen atoms in total. The summed E-state index contributed by atoms with van der Waals surface area (Å²) >= 11 is 9.30. The van der Waals surface area contributed by atoms with E-state index >= 15 is 0 Å². The van der Waals surface area contributed by atoms with Crippen LogP contribution in [0.1, 0.15) is 32.1 Å². The van der Waals surface area contributed by atoms with Gasteiger partial charge in [0.1, 0.15) is 0 Å². The highest BCUT2D eigenvalue weighted by molar-refractivity contribution is 9.10. The number of rotatable bonds is 4. The zero-order valence-corrected chi connectivity index (χ0v) is 12.9. The molecule has 0 aliphatic carbocycles. The molecule has 2 unspecified atom stereocenters. The summed E-state index contributed by atoms with van der Waals surface area (Å²) in [6.07, 6.45) is 0.221. The van der Waals surface area contributed by atoms with Gasteiger partial charge in [-0.3, -0.25) is 0 Å². The van der Waals surface area contributed by atoms with Gasteiger partial charge in [0.25, 0.3) is 0 Å². The lowest BCUT2D eigenvalue weighted by molar-refractivity contribution is 0.141. The number of aliphatic hydroxyl groups excluding tert-OH is 1. The summed E-state index contributed by atoms with van der Waals surface area (Å²) < 4.78 is 6.01. The lowest BCUT2D eigenvalue weighted by atomic mass is 10.0. The zero-order chi connectivity index (χ0) is 14.0. The molecule has 0 fully saturated rings. The molecular weight excluding hydrogens is 332 g/mol. The molecule has 6 heteroatoms. The predicted octanol–water partition coefficient (Wildman–Crippen LogP) is 4.03. The molecule has 0 amide bonds. The molecular formula is C13H14BrClN2O2. The van der Waals surface area contributed by atoms with E-state index in [1.165, 1.54) is 0 Å². The number of aromatic nitrogens is 2. The monoisotopic (exact) mass is 344 g/mol. The first kappa shape index (κ1) is 14.5. The van der Waals surface area contributed by atoms with Crippen molar-refractivity contribution in [2.24, 2.45) is 0 Å². The van der Waals surface area contributed by atoms with Crippen LogP contribution in [0, 0.1) is 0 Å². The summed E-state index contributed by atoms with van der Waals surface area (Å²) in [5, 5.41) is 14.2. The maximum atomic E-state index is 9.67. The minimum Gasteiger partial charge on any atom is -0.393 e. The number of nitrogens with zero attached hydrogens (tertiary/aromatic N) is 2. The summed E-state index contributed by atoms with van der Waals surface area (Å²) in [7, 11) is 0. The molecule has 1 heterocycles. The van der Waals surface area contributed by atoms with Gasteiger partial charge in [-0.1, -0.05) is 23.7 Å². The highest BCUT2D eigenvalue weighted by atomic mass is 79.9. The van der Waals surface area contributed by atoms with E-state index < -0.39 is 6.10 Å². The highest BCUT2D eigenvalue weighted by Gasteiger charge is 2.22. The third-order valence-corrected chi connectivity index (χ3v) is 4.17. The third kappa shape index (κ3) is 3.16. The van der Waals surface area contributed by atoms with Crippen LogP contribution in [0.15, 0.2) is 27.2 Å². The largest absolute Gasteiger partial charge is 0.393 e. The Labute approximate surface area is 124 Å². The molecule has 0 aliphatic heterocycles. The van der Waals surface area contributed by atoms with Crippen LogP contribution in [0.4, 0.5) is 0 Å². The molecule has 0 saturated heterocycles. The fourth-order valence-corrected chi connectivity index (χ4v) is 2.36. The first-order valence-corrected chi connectivity index (χ1v) is 7.17. The molecule has 0 saturated carbocycles. The fraction of sp³-hybridized carbons (Fsp3) is 0.385. The third-order valence-electron chi connectivity index (χ3n) is 2.96. The first-order valence-electron chi connectivity index (χ1n) is 6.00. The molecule has 1 aromatic carbocycles. The number of benzene rings is 1. The highest BCUT2D eigenvalue weighted by Crippen LogP contribution is 2.29. The van der Waals surface area contributed by atoms with Crippen molar-refractivity contribution in [1.29, 1.82) is 0 Å². The van der Waals surface area contributed by atoms with E-state index in [1.54, 1.807) is 13.0 Å². The summed E-state index contributed by atoms with van der Waals surface area (Å²) in [6, 6.07) is 5.42. The molecule has 2 rings (SSSR count). The molecule has 0 radical (unpaired) electrons. The van der Waals surface area contributed by atoms with Gasteiger partial charge in [0.2, 0.25) is 11.7 Å². The van der Waals surface area contributed by atoms with Gasteiger partial charge in [0.05, 0.1) is 17.0 Å². The number of hydrogen-bond acceptors (Lipinski definition) is 4. The van der Waals surface area contributed by atoms with Crippen molar-refractivity contribution in [1.82, 2.24) is 10.1 Å². The molecule has 0 bridgehead atoms. The lowest BCUT2D eigenvalue weighted by Gasteiger charge is -2.12. The molecule has 19 heavy (non-hydrogen) atoms. The van der Waals surface area contributed by atoms with Crippen molar-refractivity contribution < 1.29 is 9.63 Å². The Morgan fingerprint density at radius 2 is 2.21 bits per heavy atom. The quantitative estimate of drug-likeness (QED) is 0.909. The van der Waals surface area contributed by atoms with Crippen LogP contribution < -0.4 is 0 Å². The molecule has 102 valence electrons. The number of aliphatic hydroxyl groups is 1. The van der Waals surface area contributed by atoms with Gasteiger partial charge in [0.15, 0.2) is 0 Å². The van der Waals surface area contributed by atoms with E-state index in [4.69, 9.17) is 16.1 Å². The van der Waals surface area contributed by atoms with Crippen molar-refractivity contribution in [3.63, 3.8) is 0 Å². The van der Waals surface area contributed by atoms with Crippen molar-refractivity contribution in [3.05, 3.63) is 33.6 Å². The van der Waals surface area contributed by atoms with Crippen LogP contribution in [-0.4, -0.2) is 21.4 Å². The van der Waals surface area contributed by atoms with Gasteiger partial charge >= 0.3 is 0 Å². The minimum atomic E-state index is -0.518. The maximum absolute atomic E-state index is 9.67. The Balaban J connectivity index is 2.32. The second kappa shape index (κ2) is 6.03. The van der Waals surface area contributed by atoms with Crippen LogP contribution in [0.5, 0.6) is 0 Å². The van der Waals surface area contributed by atoms with Crippen molar-refractivity contribution in [3.8, 4) is 11.4 Å². The van der Waals surface area contributed by atoms with E-state index in [9.17, 15) is 5.11 Å². The second-order valence-electron chi connectivity index (χ2n) is 4.34. The van der Waals surface area contributed by atoms with Crippen molar-refractivity contribution in [2.45, 2.75) is 32.3 Å². The summed E-state index contributed by atoms with van der Waals surface area (Å²) in [6.45, 7) is 3.69. The van der Waals surface area contributed by atoms with E-state index in [1.807, 2.05) is 19.1 Å². The summed E-state index contributed by atoms with van der Waals surface area (Å²) in [5.74, 6) is 0.807. The molecule has 0 aliphatic rings. The fourth-order valence-electron chi connectivity index (χ4n) is 1.86. The Morgan fingerprint density at radius 1 is 1.47 bits per heavy atom. The standard InChI is InChI=1S/C13H14BrClN2O2/c1-3-9(7(2)18)13-16-12(17-19-13)8-4-5-11(15)10(14)6-8/h4-7,9,18H,3H2,1-2H3. The molecule has 1 N–H and O–H groups in total. The van der Waals surface area contributed by atoms with Gasteiger partial charge in [-0.25, -0.2) is 0 Å². The summed E-state index contributed by atoms with van der Waals surface area (Å²) in [4.78, 5) is 4.34. The summed E-state index contributed by atoms with van der Waals surface area (Å²) in [5.41, 5.74) is 0.812. The first-order chi connectivity index (χ1) is 9.02. The van der Waals surface area contributed by atoms with E-state index in [-0.39, 0.29) is 5.92 Å². The van der Waals surface area contributed by atoms with Gasteiger partial charge < -0.3 is 9.63 Å². The van der Waals surface area contributed by atoms with Gasteiger partial charge in [0, 0.05) is 10.0 Å². The molecule has 0 spiro atoms. The van der Waals surface area contributed by atoms with Crippen LogP contribution in [0.2, 0.25) is 5.02 Å². The van der Waals surface area contributed by atoms with Gasteiger partial charge in [-0.15, -0.1) is 0 Å². The predicted molar refractivity (Wildman–Crippen MR) is 77.2 cm³/mol. The topological polar surface area (TPSA) is 59.2 Å². The Hall–Kier alpha value is -0.910. The van der Waals surface area contributed by atoms with Crippen LogP contribution in [0.3, 0.4) is 0 Å². The van der Waals surface area contributed by atoms with Gasteiger partial charge in [-0.2, -0.15) is 4.98 Å². The van der Waals surface area contributed by atoms with Crippen molar-refractivity contribution >= 4 is 27.5 Å². The van der Waals surface area contributed by atoms with E-state index in [0.29, 0.717) is 16.7 Å². The maximum Gasteiger partial charge on any atom is 0.232 e. The van der Waals surface area contributed by atoms with E-state index in [0.717, 1.165) is 16.5 Å². The Bertz CT molecular complexity index is 572. The second-order valence-corrected chi connectivity index (χ2v) is 5.60. The normalized spacial score (nSPS) is 14.4. The average molecular weight is 346 g/mol. The number of halogens is 2. The van der Waals surface area contributed by atoms with Crippen LogP contribution in [0.25, 0.3) is 11.4 Å². The zero-order valence-electron chi connectivity index (χ0n) is 10.6. The van der Waals surface area contributed by atoms with Crippen molar-refractivity contribution in [2.75, 3.05) is 0 Å². The van der Waals surface area contributed by atoms with Crippen LogP contribution in [-0.2, 0) is 0 Å². The molecule has 2 aromatic rings. The Morgan fingerprint density at radius 3 is 2.79 bits per heavy atom. The average Bonchev–Trinajstić information content (AvgIpc) is 2.82. The Kier molecular flexibility index (Phi) is 4.60. The molecule has 1 aromatic heterocycles. The minimum absolute atomic E-state index is 0.142. The van der Waals surface area contributed by atoms with E-state index in [2.05, 4.69) is 26.1 Å². The molecule has 2 atom stereocenters. The SMILES string of the molecule is CCC(c1nc(-c2ccc(Cl)c(Br)c2)no1)C(C)O. The van der Waals surface area contributed by atoms with Gasteiger partial charge in [-0.05, 0) is 47.5 Å². The smallest absolute Gasteiger partial charge is 0.232 e. The lowest BCUT2D eigenvalue weighted by Crippen LogP contribution is -2.13.